The fraction of sp³-hybridized carbons (Fsp3) is 0.812. The van der Waals surface area contributed by atoms with Gasteiger partial charge in [0, 0.05) is 13.0 Å². The lowest BCUT2D eigenvalue weighted by atomic mass is 10.2. The Morgan fingerprint density at radius 1 is 0.783 bits per heavy atom. The fourth-order valence-electron chi connectivity index (χ4n) is 1.74. The van der Waals surface area contributed by atoms with Gasteiger partial charge in [-0.25, -0.2) is 4.79 Å². The van der Waals surface area contributed by atoms with Gasteiger partial charge in [0.05, 0.1) is 26.2 Å². The van der Waals surface area contributed by atoms with Crippen LogP contribution in [0.5, 0.6) is 0 Å². The van der Waals surface area contributed by atoms with Gasteiger partial charge in [0.2, 0.25) is 5.78 Å². The summed E-state index contributed by atoms with van der Waals surface area (Å²) in [7, 11) is 0. The van der Waals surface area contributed by atoms with Crippen molar-refractivity contribution in [1.82, 2.24) is 0 Å². The molecule has 0 amide bonds. The van der Waals surface area contributed by atoms with Crippen LogP contribution in [0, 0.1) is 0 Å². The molecular weight excluding hydrogens is 304 g/mol. The Bertz CT molecular complexity index is 341. The average Bonchev–Trinajstić information content (AvgIpc) is 2.53. The van der Waals surface area contributed by atoms with Crippen LogP contribution in [-0.4, -0.2) is 55.9 Å². The third kappa shape index (κ3) is 15.2. The van der Waals surface area contributed by atoms with E-state index < -0.39 is 17.7 Å². The van der Waals surface area contributed by atoms with E-state index in [4.69, 9.17) is 19.3 Å². The summed E-state index contributed by atoms with van der Waals surface area (Å²) in [6.07, 6.45) is 5.43. The van der Waals surface area contributed by atoms with E-state index in [1.54, 1.807) is 0 Å². The van der Waals surface area contributed by atoms with Gasteiger partial charge in [-0.15, -0.1) is 0 Å². The summed E-state index contributed by atoms with van der Waals surface area (Å²) < 4.78 is 15.4. The van der Waals surface area contributed by atoms with E-state index in [0.29, 0.717) is 13.2 Å². The van der Waals surface area contributed by atoms with Crippen molar-refractivity contribution in [3.63, 3.8) is 0 Å². The SMILES string of the molecule is CCCCCCCOCCOCCOC(=O)CCC(=O)C(=O)O. The minimum atomic E-state index is -1.54. The van der Waals surface area contributed by atoms with Gasteiger partial charge >= 0.3 is 11.9 Å². The molecule has 0 unspecified atom stereocenters. The predicted octanol–water partition coefficient (Wildman–Crippen LogP) is 1.97. The fourth-order valence-corrected chi connectivity index (χ4v) is 1.74. The van der Waals surface area contributed by atoms with Gasteiger partial charge < -0.3 is 19.3 Å². The van der Waals surface area contributed by atoms with E-state index in [1.165, 1.54) is 25.7 Å². The van der Waals surface area contributed by atoms with Gasteiger partial charge in [-0.3, -0.25) is 9.59 Å². The second kappa shape index (κ2) is 15.4. The number of Topliss-reactive ketones (excluding diaryl/α,β-unsaturated/α-hetero) is 1. The third-order valence-corrected chi connectivity index (χ3v) is 3.05. The van der Waals surface area contributed by atoms with Crippen LogP contribution >= 0.6 is 0 Å². The molecule has 7 nitrogen and oxygen atoms in total. The van der Waals surface area contributed by atoms with E-state index >= 15 is 0 Å². The van der Waals surface area contributed by atoms with Crippen molar-refractivity contribution in [1.29, 1.82) is 0 Å². The highest BCUT2D eigenvalue weighted by Gasteiger charge is 2.13. The monoisotopic (exact) mass is 332 g/mol. The Morgan fingerprint density at radius 2 is 1.39 bits per heavy atom. The quantitative estimate of drug-likeness (QED) is 0.262. The number of rotatable bonds is 16. The minimum absolute atomic E-state index is 0.0805. The molecule has 0 radical (unpaired) electrons. The number of carbonyl (C=O) groups is 3. The Morgan fingerprint density at radius 3 is 2.04 bits per heavy atom. The second-order valence-corrected chi connectivity index (χ2v) is 5.09. The number of aliphatic carboxylic acids is 1. The van der Waals surface area contributed by atoms with Crippen LogP contribution < -0.4 is 0 Å². The highest BCUT2D eigenvalue weighted by molar-refractivity contribution is 6.32. The minimum Gasteiger partial charge on any atom is -0.476 e. The number of carboxylic acid groups (broad SMARTS) is 1. The topological polar surface area (TPSA) is 99.1 Å². The molecule has 0 rings (SSSR count). The van der Waals surface area contributed by atoms with Gasteiger partial charge in [-0.05, 0) is 6.42 Å². The highest BCUT2D eigenvalue weighted by Crippen LogP contribution is 2.02. The maximum atomic E-state index is 11.2. The highest BCUT2D eigenvalue weighted by atomic mass is 16.6. The number of carbonyl (C=O) groups excluding carboxylic acids is 2. The largest absolute Gasteiger partial charge is 0.476 e. The molecule has 0 aromatic heterocycles. The summed E-state index contributed by atoms with van der Waals surface area (Å²) in [6.45, 7) is 4.19. The van der Waals surface area contributed by atoms with Crippen LogP contribution in [0.4, 0.5) is 0 Å². The predicted molar refractivity (Wildman–Crippen MR) is 83.2 cm³/mol. The lowest BCUT2D eigenvalue weighted by Gasteiger charge is -2.07. The number of carboxylic acids is 1. The molecule has 0 aromatic rings. The normalized spacial score (nSPS) is 10.5. The van der Waals surface area contributed by atoms with Crippen LogP contribution in [0.1, 0.15) is 51.9 Å². The van der Waals surface area contributed by atoms with Crippen molar-refractivity contribution in [2.75, 3.05) is 33.0 Å². The van der Waals surface area contributed by atoms with Crippen LogP contribution in [0.3, 0.4) is 0 Å². The van der Waals surface area contributed by atoms with E-state index in [-0.39, 0.29) is 26.1 Å². The summed E-state index contributed by atoms with van der Waals surface area (Å²) >= 11 is 0. The average molecular weight is 332 g/mol. The Labute approximate surface area is 137 Å². The van der Waals surface area contributed by atoms with Crippen LogP contribution in [-0.2, 0) is 28.6 Å². The van der Waals surface area contributed by atoms with Gasteiger partial charge in [0.1, 0.15) is 6.61 Å². The standard InChI is InChI=1S/C16H28O7/c1-2-3-4-5-6-9-21-10-11-22-12-13-23-15(18)8-7-14(17)16(19)20/h2-13H2,1H3,(H,19,20). The number of hydrogen-bond donors (Lipinski definition) is 1. The van der Waals surface area contributed by atoms with Crippen LogP contribution in [0.15, 0.2) is 0 Å². The van der Waals surface area contributed by atoms with Crippen LogP contribution in [0.2, 0.25) is 0 Å². The number of ketones is 1. The molecule has 0 saturated heterocycles. The Hall–Kier alpha value is -1.47. The first-order valence-corrected chi connectivity index (χ1v) is 8.15. The zero-order valence-corrected chi connectivity index (χ0v) is 13.9. The number of ether oxygens (including phenoxy) is 3. The van der Waals surface area contributed by atoms with Crippen molar-refractivity contribution < 1.29 is 33.7 Å². The van der Waals surface area contributed by atoms with Crippen molar-refractivity contribution in [2.45, 2.75) is 51.9 Å². The van der Waals surface area contributed by atoms with E-state index in [1.807, 2.05) is 0 Å². The van der Waals surface area contributed by atoms with Crippen molar-refractivity contribution in [3.8, 4) is 0 Å². The number of unbranched alkanes of at least 4 members (excludes halogenated alkanes) is 4. The van der Waals surface area contributed by atoms with Crippen LogP contribution in [0.25, 0.3) is 0 Å². The molecule has 0 bridgehead atoms. The maximum Gasteiger partial charge on any atom is 0.372 e. The lowest BCUT2D eigenvalue weighted by molar-refractivity contribution is -0.151. The molecule has 0 aliphatic heterocycles. The van der Waals surface area contributed by atoms with Crippen molar-refractivity contribution in [3.05, 3.63) is 0 Å². The van der Waals surface area contributed by atoms with Gasteiger partial charge in [0.25, 0.3) is 0 Å². The third-order valence-electron chi connectivity index (χ3n) is 3.05. The Kier molecular flexibility index (Phi) is 14.4. The maximum absolute atomic E-state index is 11.2. The van der Waals surface area contributed by atoms with Gasteiger partial charge in [-0.2, -0.15) is 0 Å². The van der Waals surface area contributed by atoms with Gasteiger partial charge in [0.15, 0.2) is 0 Å². The van der Waals surface area contributed by atoms with E-state index in [9.17, 15) is 14.4 Å². The summed E-state index contributed by atoms with van der Waals surface area (Å²) in [5, 5.41) is 8.35. The molecule has 0 aliphatic carbocycles. The summed E-state index contributed by atoms with van der Waals surface area (Å²) in [6, 6.07) is 0. The molecule has 0 aliphatic rings. The molecule has 134 valence electrons. The smallest absolute Gasteiger partial charge is 0.372 e. The molecule has 7 heteroatoms. The zero-order chi connectivity index (χ0) is 17.3. The molecule has 0 aromatic carbocycles. The first-order chi connectivity index (χ1) is 11.1. The first-order valence-electron chi connectivity index (χ1n) is 8.15. The molecular formula is C16H28O7. The molecule has 23 heavy (non-hydrogen) atoms. The van der Waals surface area contributed by atoms with Gasteiger partial charge in [-0.1, -0.05) is 32.6 Å². The van der Waals surface area contributed by atoms with E-state index in [2.05, 4.69) is 6.92 Å². The van der Waals surface area contributed by atoms with Crippen molar-refractivity contribution in [2.24, 2.45) is 0 Å². The number of esters is 1. The molecule has 0 heterocycles. The lowest BCUT2D eigenvalue weighted by Crippen LogP contribution is -2.17. The zero-order valence-electron chi connectivity index (χ0n) is 13.9. The number of hydrogen-bond acceptors (Lipinski definition) is 6. The Balaban J connectivity index is 3.25. The molecule has 0 spiro atoms. The first kappa shape index (κ1) is 21.5. The molecule has 0 atom stereocenters. The summed E-state index contributed by atoms with van der Waals surface area (Å²) in [5.41, 5.74) is 0. The van der Waals surface area contributed by atoms with E-state index in [0.717, 1.165) is 13.0 Å². The molecule has 0 fully saturated rings. The summed E-state index contributed by atoms with van der Waals surface area (Å²) in [4.78, 5) is 32.2. The summed E-state index contributed by atoms with van der Waals surface area (Å²) in [5.74, 6) is -3.14. The van der Waals surface area contributed by atoms with Crippen molar-refractivity contribution >= 4 is 17.7 Å². The molecule has 0 saturated carbocycles. The molecule has 1 N–H and O–H groups in total. The second-order valence-electron chi connectivity index (χ2n) is 5.09.